The number of thioether (sulfide) groups is 1. The van der Waals surface area contributed by atoms with Crippen LogP contribution in [0.3, 0.4) is 0 Å². The SMILES string of the molecule is CC(C(=O)N1CCSC1)n1nnc(-c2ccccc2)n1. The number of tetrazole rings is 1. The first-order valence-corrected chi connectivity index (χ1v) is 7.62. The molecule has 1 fully saturated rings. The van der Waals surface area contributed by atoms with Gasteiger partial charge in [0.15, 0.2) is 0 Å². The van der Waals surface area contributed by atoms with E-state index in [0.717, 1.165) is 23.7 Å². The van der Waals surface area contributed by atoms with Gasteiger partial charge in [0.05, 0.1) is 5.88 Å². The van der Waals surface area contributed by atoms with E-state index in [1.54, 1.807) is 11.8 Å². The van der Waals surface area contributed by atoms with Gasteiger partial charge in [0.1, 0.15) is 6.04 Å². The van der Waals surface area contributed by atoms with Crippen LogP contribution in [-0.2, 0) is 4.79 Å². The molecule has 104 valence electrons. The van der Waals surface area contributed by atoms with Gasteiger partial charge in [0.2, 0.25) is 11.7 Å². The first-order valence-electron chi connectivity index (χ1n) is 6.47. The fourth-order valence-corrected chi connectivity index (χ4v) is 3.00. The summed E-state index contributed by atoms with van der Waals surface area (Å²) < 4.78 is 0. The van der Waals surface area contributed by atoms with E-state index in [4.69, 9.17) is 0 Å². The number of amides is 1. The van der Waals surface area contributed by atoms with Crippen LogP contribution in [0.1, 0.15) is 13.0 Å². The van der Waals surface area contributed by atoms with Crippen molar-refractivity contribution in [3.8, 4) is 11.4 Å². The fraction of sp³-hybridized carbons (Fsp3) is 0.385. The van der Waals surface area contributed by atoms with Crippen LogP contribution in [0.4, 0.5) is 0 Å². The highest BCUT2D eigenvalue weighted by Crippen LogP contribution is 2.18. The van der Waals surface area contributed by atoms with Crippen molar-refractivity contribution in [2.24, 2.45) is 0 Å². The molecule has 1 unspecified atom stereocenters. The van der Waals surface area contributed by atoms with Gasteiger partial charge in [-0.05, 0) is 12.1 Å². The minimum Gasteiger partial charge on any atom is -0.331 e. The first-order chi connectivity index (χ1) is 9.75. The van der Waals surface area contributed by atoms with Gasteiger partial charge in [-0.3, -0.25) is 4.79 Å². The maximum Gasteiger partial charge on any atom is 0.249 e. The lowest BCUT2D eigenvalue weighted by molar-refractivity contribution is -0.133. The lowest BCUT2D eigenvalue weighted by Gasteiger charge is -2.18. The quantitative estimate of drug-likeness (QED) is 0.855. The molecule has 0 saturated carbocycles. The molecule has 0 aliphatic carbocycles. The number of nitrogens with zero attached hydrogens (tertiary/aromatic N) is 5. The van der Waals surface area contributed by atoms with Gasteiger partial charge in [0.25, 0.3) is 0 Å². The van der Waals surface area contributed by atoms with Gasteiger partial charge in [0, 0.05) is 17.9 Å². The highest BCUT2D eigenvalue weighted by Gasteiger charge is 2.26. The second-order valence-electron chi connectivity index (χ2n) is 4.61. The van der Waals surface area contributed by atoms with Crippen LogP contribution in [0.2, 0.25) is 0 Å². The number of hydrogen-bond donors (Lipinski definition) is 0. The van der Waals surface area contributed by atoms with Crippen molar-refractivity contribution in [3.05, 3.63) is 30.3 Å². The number of carbonyl (C=O) groups is 1. The third-order valence-electron chi connectivity index (χ3n) is 3.23. The van der Waals surface area contributed by atoms with Crippen molar-refractivity contribution in [2.45, 2.75) is 13.0 Å². The second-order valence-corrected chi connectivity index (χ2v) is 5.69. The molecule has 1 aliphatic heterocycles. The molecule has 20 heavy (non-hydrogen) atoms. The van der Waals surface area contributed by atoms with E-state index in [2.05, 4.69) is 15.4 Å². The molecule has 1 aliphatic rings. The van der Waals surface area contributed by atoms with Gasteiger partial charge < -0.3 is 4.90 Å². The molecule has 0 bridgehead atoms. The Morgan fingerprint density at radius 2 is 2.15 bits per heavy atom. The lowest BCUT2D eigenvalue weighted by atomic mass is 10.2. The molecule has 3 rings (SSSR count). The number of aromatic nitrogens is 4. The molecule has 1 amide bonds. The third-order valence-corrected chi connectivity index (χ3v) is 4.19. The largest absolute Gasteiger partial charge is 0.331 e. The molecule has 6 nitrogen and oxygen atoms in total. The predicted octanol–water partition coefficient (Wildman–Crippen LogP) is 1.43. The van der Waals surface area contributed by atoms with Gasteiger partial charge in [-0.25, -0.2) is 0 Å². The van der Waals surface area contributed by atoms with E-state index < -0.39 is 6.04 Å². The molecule has 0 N–H and O–H groups in total. The second kappa shape index (κ2) is 5.62. The van der Waals surface area contributed by atoms with Crippen molar-refractivity contribution in [2.75, 3.05) is 18.2 Å². The zero-order valence-electron chi connectivity index (χ0n) is 11.1. The van der Waals surface area contributed by atoms with Crippen LogP contribution >= 0.6 is 11.8 Å². The Balaban J connectivity index is 1.77. The maximum absolute atomic E-state index is 12.3. The van der Waals surface area contributed by atoms with Crippen LogP contribution in [0.15, 0.2) is 30.3 Å². The topological polar surface area (TPSA) is 63.9 Å². The summed E-state index contributed by atoms with van der Waals surface area (Å²) in [6.07, 6.45) is 0. The van der Waals surface area contributed by atoms with Crippen molar-refractivity contribution >= 4 is 17.7 Å². The molecular weight excluding hydrogens is 274 g/mol. The zero-order chi connectivity index (χ0) is 13.9. The van der Waals surface area contributed by atoms with Crippen molar-refractivity contribution < 1.29 is 4.79 Å². The van der Waals surface area contributed by atoms with Crippen LogP contribution in [0.5, 0.6) is 0 Å². The van der Waals surface area contributed by atoms with E-state index in [-0.39, 0.29) is 5.91 Å². The Bertz CT molecular complexity index is 594. The summed E-state index contributed by atoms with van der Waals surface area (Å²) in [6, 6.07) is 9.21. The number of rotatable bonds is 3. The zero-order valence-corrected chi connectivity index (χ0v) is 12.0. The highest BCUT2D eigenvalue weighted by atomic mass is 32.2. The molecular formula is C13H15N5OS. The lowest BCUT2D eigenvalue weighted by Crippen LogP contribution is -2.34. The minimum atomic E-state index is -0.418. The molecule has 1 saturated heterocycles. The van der Waals surface area contributed by atoms with Gasteiger partial charge in [-0.15, -0.1) is 22.0 Å². The van der Waals surface area contributed by atoms with E-state index in [1.807, 2.05) is 42.2 Å². The Morgan fingerprint density at radius 3 is 2.85 bits per heavy atom. The minimum absolute atomic E-state index is 0.0482. The molecule has 7 heteroatoms. The molecule has 2 aromatic rings. The van der Waals surface area contributed by atoms with Crippen LogP contribution in [-0.4, -0.2) is 49.2 Å². The summed E-state index contributed by atoms with van der Waals surface area (Å²) >= 11 is 1.76. The fourth-order valence-electron chi connectivity index (χ4n) is 2.04. The van der Waals surface area contributed by atoms with Gasteiger partial charge in [-0.2, -0.15) is 4.80 Å². The molecule has 0 spiro atoms. The Labute approximate surface area is 121 Å². The van der Waals surface area contributed by atoms with E-state index in [0.29, 0.717) is 5.82 Å². The smallest absolute Gasteiger partial charge is 0.249 e. The summed E-state index contributed by atoms with van der Waals surface area (Å²) in [6.45, 7) is 2.61. The monoisotopic (exact) mass is 289 g/mol. The first kappa shape index (κ1) is 13.1. The number of benzene rings is 1. The van der Waals surface area contributed by atoms with Crippen LogP contribution in [0.25, 0.3) is 11.4 Å². The normalized spacial score (nSPS) is 16.4. The Morgan fingerprint density at radius 1 is 1.35 bits per heavy atom. The molecule has 1 aromatic heterocycles. The Hall–Kier alpha value is -1.89. The van der Waals surface area contributed by atoms with Crippen molar-refractivity contribution in [3.63, 3.8) is 0 Å². The standard InChI is InChI=1S/C13H15N5OS/c1-10(13(19)17-7-8-20-9-17)18-15-12(14-16-18)11-5-3-2-4-6-11/h2-6,10H,7-9H2,1H3. The van der Waals surface area contributed by atoms with E-state index in [9.17, 15) is 4.79 Å². The predicted molar refractivity (Wildman–Crippen MR) is 77.0 cm³/mol. The molecule has 1 aromatic carbocycles. The third kappa shape index (κ3) is 2.53. The summed E-state index contributed by atoms with van der Waals surface area (Å²) in [4.78, 5) is 15.5. The van der Waals surface area contributed by atoms with Gasteiger partial charge >= 0.3 is 0 Å². The molecule has 2 heterocycles. The molecule has 1 atom stereocenters. The number of carbonyl (C=O) groups excluding carboxylic acids is 1. The number of hydrogen-bond acceptors (Lipinski definition) is 5. The van der Waals surface area contributed by atoms with Crippen molar-refractivity contribution in [1.82, 2.24) is 25.1 Å². The summed E-state index contributed by atoms with van der Waals surface area (Å²) in [7, 11) is 0. The van der Waals surface area contributed by atoms with Crippen molar-refractivity contribution in [1.29, 1.82) is 0 Å². The summed E-state index contributed by atoms with van der Waals surface area (Å²) in [5, 5.41) is 12.3. The van der Waals surface area contributed by atoms with Gasteiger partial charge in [-0.1, -0.05) is 30.3 Å². The molecule has 0 radical (unpaired) electrons. The highest BCUT2D eigenvalue weighted by molar-refractivity contribution is 7.99. The maximum atomic E-state index is 12.3. The summed E-state index contributed by atoms with van der Waals surface area (Å²) in [5.41, 5.74) is 0.898. The Kier molecular flexibility index (Phi) is 3.68. The van der Waals surface area contributed by atoms with E-state index >= 15 is 0 Å². The van der Waals surface area contributed by atoms with Crippen LogP contribution < -0.4 is 0 Å². The average Bonchev–Trinajstić information content (AvgIpc) is 3.18. The van der Waals surface area contributed by atoms with E-state index in [1.165, 1.54) is 4.80 Å². The summed E-state index contributed by atoms with van der Waals surface area (Å²) in [5.74, 6) is 2.34. The van der Waals surface area contributed by atoms with Crippen LogP contribution in [0, 0.1) is 0 Å². The average molecular weight is 289 g/mol.